The molecule has 0 saturated carbocycles. The molecule has 1 N–H and O–H groups in total. The van der Waals surface area contributed by atoms with Gasteiger partial charge in [-0.3, -0.25) is 4.90 Å². The molecule has 2 nitrogen and oxygen atoms in total. The van der Waals surface area contributed by atoms with Gasteiger partial charge in [0.15, 0.2) is 0 Å². The van der Waals surface area contributed by atoms with Gasteiger partial charge in [0.1, 0.15) is 0 Å². The van der Waals surface area contributed by atoms with Crippen LogP contribution in [0.2, 0.25) is 0 Å². The van der Waals surface area contributed by atoms with Crippen molar-refractivity contribution in [2.45, 2.75) is 23.4 Å². The zero-order valence-electron chi connectivity index (χ0n) is 10.9. The van der Waals surface area contributed by atoms with Gasteiger partial charge in [0.25, 0.3) is 0 Å². The number of hydrogen-bond donors (Lipinski definition) is 1. The van der Waals surface area contributed by atoms with Crippen LogP contribution in [0.25, 0.3) is 0 Å². The Kier molecular flexibility index (Phi) is 7.15. The Balaban J connectivity index is 0.00000200. The van der Waals surface area contributed by atoms with E-state index in [0.29, 0.717) is 0 Å². The second-order valence-electron chi connectivity index (χ2n) is 4.57. The maximum atomic E-state index is 12.2. The summed E-state index contributed by atoms with van der Waals surface area (Å²) < 4.78 is 36.6. The number of alkyl halides is 3. The summed E-state index contributed by atoms with van der Waals surface area (Å²) in [5, 5.41) is 3.33. The van der Waals surface area contributed by atoms with Crippen molar-refractivity contribution in [2.24, 2.45) is 0 Å². The highest BCUT2D eigenvalue weighted by molar-refractivity contribution is 8.00. The smallest absolute Gasteiger partial charge is 0.315 e. The average molecular weight is 327 g/mol. The van der Waals surface area contributed by atoms with E-state index in [1.54, 1.807) is 24.3 Å². The van der Waals surface area contributed by atoms with Gasteiger partial charge in [-0.1, -0.05) is 12.1 Å². The van der Waals surface area contributed by atoms with Crippen molar-refractivity contribution in [1.82, 2.24) is 10.2 Å². The predicted molar refractivity (Wildman–Crippen MR) is 78.4 cm³/mol. The summed E-state index contributed by atoms with van der Waals surface area (Å²) in [5.41, 5.74) is -3.15. The predicted octanol–water partition coefficient (Wildman–Crippen LogP) is 3.52. The van der Waals surface area contributed by atoms with Gasteiger partial charge in [-0.25, -0.2) is 0 Å². The van der Waals surface area contributed by atoms with Gasteiger partial charge in [-0.05, 0) is 49.0 Å². The lowest BCUT2D eigenvalue weighted by atomic mass is 10.2. The van der Waals surface area contributed by atoms with Crippen molar-refractivity contribution in [2.75, 3.05) is 26.2 Å². The van der Waals surface area contributed by atoms with Crippen molar-refractivity contribution in [1.29, 1.82) is 0 Å². The molecule has 0 amide bonds. The van der Waals surface area contributed by atoms with Crippen LogP contribution in [-0.2, 0) is 6.54 Å². The number of halogens is 4. The Morgan fingerprint density at radius 2 is 1.80 bits per heavy atom. The third-order valence-corrected chi connectivity index (χ3v) is 3.74. The Morgan fingerprint density at radius 1 is 1.10 bits per heavy atom. The number of rotatable bonds is 3. The zero-order chi connectivity index (χ0) is 13.7. The lowest BCUT2D eigenvalue weighted by Gasteiger charge is -2.19. The first kappa shape index (κ1) is 17.6. The second kappa shape index (κ2) is 8.12. The zero-order valence-corrected chi connectivity index (χ0v) is 12.6. The maximum Gasteiger partial charge on any atom is 0.446 e. The highest BCUT2D eigenvalue weighted by atomic mass is 35.5. The second-order valence-corrected chi connectivity index (χ2v) is 5.71. The summed E-state index contributed by atoms with van der Waals surface area (Å²) in [4.78, 5) is 2.57. The molecule has 1 aromatic rings. The highest BCUT2D eigenvalue weighted by Crippen LogP contribution is 2.36. The monoisotopic (exact) mass is 326 g/mol. The Hall–Kier alpha value is -0.430. The van der Waals surface area contributed by atoms with Crippen LogP contribution in [0.5, 0.6) is 0 Å². The molecule has 1 aliphatic heterocycles. The molecular weight excluding hydrogens is 309 g/mol. The molecule has 1 aromatic carbocycles. The van der Waals surface area contributed by atoms with Crippen LogP contribution in [-0.4, -0.2) is 36.6 Å². The van der Waals surface area contributed by atoms with E-state index >= 15 is 0 Å². The molecular formula is C13H18ClF3N2S. The number of benzene rings is 1. The van der Waals surface area contributed by atoms with Crippen molar-refractivity contribution >= 4 is 24.2 Å². The first-order valence-corrected chi connectivity index (χ1v) is 7.12. The standard InChI is InChI=1S/C13H17F3N2S.ClH/c14-13(15,16)19-12-4-2-11(3-5-12)10-18-8-1-6-17-7-9-18;/h2-5,17H,1,6-10H2;1H. The van der Waals surface area contributed by atoms with Crippen LogP contribution in [0.3, 0.4) is 0 Å². The summed E-state index contributed by atoms with van der Waals surface area (Å²) >= 11 is -0.0648. The third-order valence-electron chi connectivity index (χ3n) is 3.00. The van der Waals surface area contributed by atoms with Crippen molar-refractivity contribution in [3.05, 3.63) is 29.8 Å². The lowest BCUT2D eigenvalue weighted by molar-refractivity contribution is -0.0328. The molecule has 0 aromatic heterocycles. The van der Waals surface area contributed by atoms with E-state index in [1.807, 2.05) is 0 Å². The van der Waals surface area contributed by atoms with E-state index in [0.717, 1.165) is 44.7 Å². The van der Waals surface area contributed by atoms with Crippen LogP contribution in [0.4, 0.5) is 13.2 Å². The molecule has 1 heterocycles. The van der Waals surface area contributed by atoms with E-state index in [9.17, 15) is 13.2 Å². The highest BCUT2D eigenvalue weighted by Gasteiger charge is 2.29. The quantitative estimate of drug-likeness (QED) is 0.856. The lowest BCUT2D eigenvalue weighted by Crippen LogP contribution is -2.27. The van der Waals surface area contributed by atoms with Gasteiger partial charge in [0.2, 0.25) is 0 Å². The average Bonchev–Trinajstić information content (AvgIpc) is 2.58. The van der Waals surface area contributed by atoms with E-state index in [-0.39, 0.29) is 29.1 Å². The van der Waals surface area contributed by atoms with Gasteiger partial charge in [0.05, 0.1) is 0 Å². The van der Waals surface area contributed by atoms with Crippen molar-refractivity contribution < 1.29 is 13.2 Å². The number of nitrogens with one attached hydrogen (secondary N) is 1. The van der Waals surface area contributed by atoms with Gasteiger partial charge < -0.3 is 5.32 Å². The first-order chi connectivity index (χ1) is 9.03. The van der Waals surface area contributed by atoms with Crippen LogP contribution in [0, 0.1) is 0 Å². The van der Waals surface area contributed by atoms with Gasteiger partial charge in [-0.2, -0.15) is 13.2 Å². The van der Waals surface area contributed by atoms with Crippen LogP contribution in [0.1, 0.15) is 12.0 Å². The molecule has 1 saturated heterocycles. The molecule has 1 fully saturated rings. The molecule has 20 heavy (non-hydrogen) atoms. The molecule has 0 bridgehead atoms. The maximum absolute atomic E-state index is 12.2. The fourth-order valence-electron chi connectivity index (χ4n) is 2.11. The minimum Gasteiger partial charge on any atom is -0.315 e. The summed E-state index contributed by atoms with van der Waals surface area (Å²) in [7, 11) is 0. The van der Waals surface area contributed by atoms with Gasteiger partial charge in [0, 0.05) is 24.5 Å². The van der Waals surface area contributed by atoms with Crippen LogP contribution >= 0.6 is 24.2 Å². The van der Waals surface area contributed by atoms with E-state index < -0.39 is 5.51 Å². The first-order valence-electron chi connectivity index (χ1n) is 6.31. The van der Waals surface area contributed by atoms with Crippen molar-refractivity contribution in [3.63, 3.8) is 0 Å². The minimum absolute atomic E-state index is 0. The molecule has 2 rings (SSSR count). The van der Waals surface area contributed by atoms with Crippen molar-refractivity contribution in [3.8, 4) is 0 Å². The van der Waals surface area contributed by atoms with E-state index in [2.05, 4.69) is 10.2 Å². The number of thioether (sulfide) groups is 1. The minimum atomic E-state index is -4.21. The molecule has 0 spiro atoms. The van der Waals surface area contributed by atoms with E-state index in [4.69, 9.17) is 0 Å². The summed E-state index contributed by atoms with van der Waals surface area (Å²) in [6.45, 7) is 4.84. The SMILES string of the molecule is Cl.FC(F)(F)Sc1ccc(CN2CCCNCC2)cc1. The van der Waals surface area contributed by atoms with Gasteiger partial charge in [-0.15, -0.1) is 12.4 Å². The Bertz CT molecular complexity index is 390. The summed E-state index contributed by atoms with van der Waals surface area (Å²) in [6, 6.07) is 6.66. The van der Waals surface area contributed by atoms with Crippen LogP contribution < -0.4 is 5.32 Å². The number of hydrogen-bond acceptors (Lipinski definition) is 3. The number of nitrogens with zero attached hydrogens (tertiary/aromatic N) is 1. The molecule has 0 radical (unpaired) electrons. The topological polar surface area (TPSA) is 15.3 Å². The van der Waals surface area contributed by atoms with Gasteiger partial charge >= 0.3 is 5.51 Å². The van der Waals surface area contributed by atoms with Crippen LogP contribution in [0.15, 0.2) is 29.2 Å². The molecule has 0 aliphatic carbocycles. The third kappa shape index (κ3) is 6.35. The summed E-state index contributed by atoms with van der Waals surface area (Å²) in [6.07, 6.45) is 1.11. The van der Waals surface area contributed by atoms with E-state index in [1.165, 1.54) is 0 Å². The fourth-order valence-corrected chi connectivity index (χ4v) is 2.65. The molecule has 0 atom stereocenters. The molecule has 7 heteroatoms. The molecule has 0 unspecified atom stereocenters. The molecule has 1 aliphatic rings. The summed E-state index contributed by atoms with van der Waals surface area (Å²) in [5.74, 6) is 0. The Labute approximate surface area is 127 Å². The molecule has 114 valence electrons. The fraction of sp³-hybridized carbons (Fsp3) is 0.538. The Morgan fingerprint density at radius 3 is 2.45 bits per heavy atom. The normalized spacial score (nSPS) is 17.4. The largest absolute Gasteiger partial charge is 0.446 e.